The molecule has 0 saturated heterocycles. The number of thiophene rings is 2. The van der Waals surface area contributed by atoms with E-state index in [2.05, 4.69) is 79.6 Å². The summed E-state index contributed by atoms with van der Waals surface area (Å²) in [5.74, 6) is 0.650. The second-order valence-corrected chi connectivity index (χ2v) is 12.7. The van der Waals surface area contributed by atoms with Crippen molar-refractivity contribution in [1.82, 2.24) is 4.98 Å². The van der Waals surface area contributed by atoms with E-state index in [9.17, 15) is 0 Å². The van der Waals surface area contributed by atoms with E-state index in [-0.39, 0.29) is 26.5 Å². The summed E-state index contributed by atoms with van der Waals surface area (Å²) in [6.07, 6.45) is 5.97. The van der Waals surface area contributed by atoms with Gasteiger partial charge in [0.05, 0.1) is 0 Å². The van der Waals surface area contributed by atoms with Crippen LogP contribution >= 0.6 is 22.7 Å². The number of anilines is 2. The fourth-order valence-corrected chi connectivity index (χ4v) is 6.70. The Morgan fingerprint density at radius 1 is 0.902 bits per heavy atom. The molecule has 4 nitrogen and oxygen atoms in total. The number of benzene rings is 3. The number of nitrogens with zero attached hydrogens (tertiary/aromatic N) is 3. The number of hydrogen-bond donors (Lipinski definition) is 0. The van der Waals surface area contributed by atoms with Crippen molar-refractivity contribution in [1.29, 1.82) is 0 Å². The first kappa shape index (κ1) is 27.7. The second kappa shape index (κ2) is 11.1. The molecule has 3 aromatic carbocycles. The van der Waals surface area contributed by atoms with Gasteiger partial charge in [-0.15, -0.1) is 36.6 Å². The second-order valence-electron chi connectivity index (χ2n) is 10.7. The molecule has 7 heteroatoms. The summed E-state index contributed by atoms with van der Waals surface area (Å²) in [6, 6.07) is 31.9. The predicted molar refractivity (Wildman–Crippen MR) is 168 cm³/mol. The Bertz CT molecular complexity index is 1870. The molecule has 0 amide bonds. The Labute approximate surface area is 262 Å². The Kier molecular flexibility index (Phi) is 7.50. The van der Waals surface area contributed by atoms with Crippen molar-refractivity contribution in [2.24, 2.45) is 0 Å². The zero-order chi connectivity index (χ0) is 27.3. The van der Waals surface area contributed by atoms with Crippen molar-refractivity contribution in [3.05, 3.63) is 121 Å². The summed E-state index contributed by atoms with van der Waals surface area (Å²) < 4.78 is 8.71. The molecule has 4 heterocycles. The molecule has 6 aromatic rings. The van der Waals surface area contributed by atoms with Gasteiger partial charge in [-0.2, -0.15) is 34.1 Å². The molecule has 7 rings (SSSR count). The number of para-hydroxylation sites is 1. The Hall–Kier alpha value is -3.44. The molecular formula is C34H26N3OPtS2-3. The van der Waals surface area contributed by atoms with Crippen molar-refractivity contribution >= 4 is 54.2 Å². The van der Waals surface area contributed by atoms with Crippen LogP contribution in [0.3, 0.4) is 0 Å². The average Bonchev–Trinajstić information content (AvgIpc) is 3.72. The minimum Gasteiger partial charge on any atom is -0.500 e. The quantitative estimate of drug-likeness (QED) is 0.164. The van der Waals surface area contributed by atoms with Crippen LogP contribution in [0.25, 0.3) is 31.4 Å². The molecule has 0 bridgehead atoms. The molecule has 0 spiro atoms. The van der Waals surface area contributed by atoms with Crippen LogP contribution in [0.15, 0.2) is 96.8 Å². The summed E-state index contributed by atoms with van der Waals surface area (Å²) in [7, 11) is 0. The standard InChI is InChI=1S/C34H26N3OS2.Pt/c1-34(2,3)24-12-14-35-29(19-24)32-28-21-31(40-30(28)18-23-13-17-39-33(23)32)38-27-11-7-10-26(20-27)37-16-15-36(22-37)25-8-5-4-6-9-25;/h4-19,22H,1-3H3;/q-3;. The van der Waals surface area contributed by atoms with Crippen LogP contribution in [0, 0.1) is 18.8 Å². The van der Waals surface area contributed by atoms with Crippen LogP contribution in [0.5, 0.6) is 10.8 Å². The van der Waals surface area contributed by atoms with Gasteiger partial charge < -0.3 is 14.5 Å². The van der Waals surface area contributed by atoms with E-state index in [4.69, 9.17) is 9.72 Å². The van der Waals surface area contributed by atoms with Crippen LogP contribution in [-0.4, -0.2) is 4.98 Å². The smallest absolute Gasteiger partial charge is 0.107 e. The molecule has 1 aliphatic heterocycles. The van der Waals surface area contributed by atoms with Crippen LogP contribution in [0.2, 0.25) is 0 Å². The first-order valence-electron chi connectivity index (χ1n) is 13.1. The summed E-state index contributed by atoms with van der Waals surface area (Å²) in [6.45, 7) is 8.73. The van der Waals surface area contributed by atoms with E-state index in [1.807, 2.05) is 66.6 Å². The predicted octanol–water partition coefficient (Wildman–Crippen LogP) is 9.78. The van der Waals surface area contributed by atoms with Gasteiger partial charge in [-0.3, -0.25) is 4.98 Å². The molecule has 0 atom stereocenters. The van der Waals surface area contributed by atoms with Crippen LogP contribution in [0.4, 0.5) is 11.4 Å². The van der Waals surface area contributed by atoms with Gasteiger partial charge in [0.2, 0.25) is 0 Å². The maximum absolute atomic E-state index is 6.36. The SMILES string of the molecule is CC(C)(C)c1ccnc(-c2c3[c-]c(Oc4[c-]c(N5C=CN(c6ccccc6)[CH-]5)ccc4)sc3cc3ccsc23)c1.[Pt]. The summed E-state index contributed by atoms with van der Waals surface area (Å²) in [5, 5.41) is 5.11. The topological polar surface area (TPSA) is 28.6 Å². The maximum Gasteiger partial charge on any atom is 0.107 e. The summed E-state index contributed by atoms with van der Waals surface area (Å²) in [5.41, 5.74) is 5.39. The van der Waals surface area contributed by atoms with Crippen molar-refractivity contribution in [3.8, 4) is 22.1 Å². The largest absolute Gasteiger partial charge is 0.500 e. The average molecular weight is 752 g/mol. The van der Waals surface area contributed by atoms with E-state index in [1.54, 1.807) is 22.7 Å². The molecule has 3 aromatic heterocycles. The normalized spacial score (nSPS) is 13.2. The van der Waals surface area contributed by atoms with Crippen LogP contribution in [0.1, 0.15) is 26.3 Å². The van der Waals surface area contributed by atoms with Crippen LogP contribution in [-0.2, 0) is 26.5 Å². The van der Waals surface area contributed by atoms with E-state index in [1.165, 1.54) is 15.6 Å². The van der Waals surface area contributed by atoms with Gasteiger partial charge in [0.15, 0.2) is 0 Å². The van der Waals surface area contributed by atoms with Crippen molar-refractivity contribution in [3.63, 3.8) is 0 Å². The van der Waals surface area contributed by atoms with Gasteiger partial charge in [0.25, 0.3) is 0 Å². The molecule has 0 N–H and O–H groups in total. The minimum atomic E-state index is 0. The molecule has 208 valence electrons. The molecule has 0 unspecified atom stereocenters. The van der Waals surface area contributed by atoms with E-state index >= 15 is 0 Å². The molecule has 0 fully saturated rings. The number of ether oxygens (including phenoxy) is 1. The van der Waals surface area contributed by atoms with Gasteiger partial charge in [0.1, 0.15) is 5.06 Å². The fraction of sp³-hybridized carbons (Fsp3) is 0.118. The first-order chi connectivity index (χ1) is 19.4. The number of aromatic nitrogens is 1. The first-order valence-corrected chi connectivity index (χ1v) is 14.8. The van der Waals surface area contributed by atoms with Crippen LogP contribution < -0.4 is 14.5 Å². The number of hydrogen-bond acceptors (Lipinski definition) is 6. The van der Waals surface area contributed by atoms with E-state index < -0.39 is 0 Å². The number of rotatable bonds is 5. The Morgan fingerprint density at radius 3 is 2.56 bits per heavy atom. The fourth-order valence-electron chi connectivity index (χ4n) is 4.84. The van der Waals surface area contributed by atoms with Crippen molar-refractivity contribution < 1.29 is 25.8 Å². The third-order valence-corrected chi connectivity index (χ3v) is 8.80. The van der Waals surface area contributed by atoms with Crippen molar-refractivity contribution in [2.45, 2.75) is 26.2 Å². The van der Waals surface area contributed by atoms with Gasteiger partial charge in [-0.05, 0) is 69.2 Å². The molecule has 0 radical (unpaired) electrons. The maximum atomic E-state index is 6.36. The van der Waals surface area contributed by atoms with Gasteiger partial charge in [-0.25, -0.2) is 0 Å². The Morgan fingerprint density at radius 2 is 1.73 bits per heavy atom. The zero-order valence-electron chi connectivity index (χ0n) is 22.7. The summed E-state index contributed by atoms with van der Waals surface area (Å²) >= 11 is 3.34. The summed E-state index contributed by atoms with van der Waals surface area (Å²) in [4.78, 5) is 8.92. The van der Waals surface area contributed by atoms with E-state index in [0.29, 0.717) is 10.8 Å². The Balaban J connectivity index is 0.00000302. The van der Waals surface area contributed by atoms with Gasteiger partial charge in [-0.1, -0.05) is 55.3 Å². The molecule has 1 aliphatic rings. The van der Waals surface area contributed by atoms with E-state index in [0.717, 1.165) is 32.7 Å². The van der Waals surface area contributed by atoms with Gasteiger partial charge >= 0.3 is 0 Å². The number of pyridine rings is 1. The third kappa shape index (κ3) is 5.44. The minimum absolute atomic E-state index is 0. The molecular weight excluding hydrogens is 726 g/mol. The molecule has 0 saturated carbocycles. The number of fused-ring (bicyclic) bond motifs is 2. The van der Waals surface area contributed by atoms with Gasteiger partial charge in [0, 0.05) is 44.4 Å². The molecule has 0 aliphatic carbocycles. The molecule has 41 heavy (non-hydrogen) atoms. The zero-order valence-corrected chi connectivity index (χ0v) is 26.6. The third-order valence-electron chi connectivity index (χ3n) is 6.94. The van der Waals surface area contributed by atoms with Crippen molar-refractivity contribution in [2.75, 3.05) is 9.80 Å². The monoisotopic (exact) mass is 751 g/mol.